The van der Waals surface area contributed by atoms with Gasteiger partial charge in [-0.25, -0.2) is 9.97 Å². The van der Waals surface area contributed by atoms with Crippen molar-refractivity contribution in [3.63, 3.8) is 0 Å². The fraction of sp³-hybridized carbons (Fsp3) is 0.421. The van der Waals surface area contributed by atoms with Crippen LogP contribution in [0.3, 0.4) is 0 Å². The van der Waals surface area contributed by atoms with Gasteiger partial charge in [-0.15, -0.1) is 0 Å². The van der Waals surface area contributed by atoms with E-state index in [9.17, 15) is 14.9 Å². The third-order valence-corrected chi connectivity index (χ3v) is 5.04. The Balaban J connectivity index is 1.55. The SMILES string of the molecule is CCOC(=O)C1CCN(c2ncnc(Nc3ccc4c(c3)OCO4)c2[N+](=O)[O-])CC1. The molecule has 11 nitrogen and oxygen atoms in total. The van der Waals surface area contributed by atoms with Gasteiger partial charge < -0.3 is 24.4 Å². The zero-order valence-electron chi connectivity index (χ0n) is 16.4. The molecule has 1 saturated heterocycles. The first-order valence-corrected chi connectivity index (χ1v) is 9.64. The lowest BCUT2D eigenvalue weighted by molar-refractivity contribution is -0.383. The Morgan fingerprint density at radius 3 is 2.80 bits per heavy atom. The van der Waals surface area contributed by atoms with E-state index in [-0.39, 0.29) is 36.0 Å². The Hall–Kier alpha value is -3.63. The lowest BCUT2D eigenvalue weighted by Crippen LogP contribution is -2.37. The Bertz CT molecular complexity index is 960. The molecule has 0 unspecified atom stereocenters. The van der Waals surface area contributed by atoms with Crippen molar-refractivity contribution in [1.29, 1.82) is 0 Å². The molecule has 2 aliphatic heterocycles. The number of piperidine rings is 1. The highest BCUT2D eigenvalue weighted by Gasteiger charge is 2.32. The maximum absolute atomic E-state index is 12.0. The van der Waals surface area contributed by atoms with Gasteiger partial charge in [0.15, 0.2) is 11.5 Å². The van der Waals surface area contributed by atoms with E-state index in [1.54, 1.807) is 30.0 Å². The largest absolute Gasteiger partial charge is 0.466 e. The van der Waals surface area contributed by atoms with Gasteiger partial charge in [0.25, 0.3) is 0 Å². The van der Waals surface area contributed by atoms with Crippen LogP contribution in [0.15, 0.2) is 24.5 Å². The number of carbonyl (C=O) groups excluding carboxylic acids is 1. The van der Waals surface area contributed by atoms with Gasteiger partial charge in [-0.2, -0.15) is 0 Å². The molecule has 1 aromatic carbocycles. The summed E-state index contributed by atoms with van der Waals surface area (Å²) in [4.78, 5) is 33.4. The second kappa shape index (κ2) is 8.39. The molecule has 4 rings (SSSR count). The van der Waals surface area contributed by atoms with Crippen LogP contribution in [0, 0.1) is 16.0 Å². The molecule has 0 spiro atoms. The van der Waals surface area contributed by atoms with Gasteiger partial charge in [0, 0.05) is 24.8 Å². The van der Waals surface area contributed by atoms with E-state index >= 15 is 0 Å². The average molecular weight is 415 g/mol. The van der Waals surface area contributed by atoms with Crippen LogP contribution in [0.4, 0.5) is 23.0 Å². The molecule has 1 aromatic heterocycles. The molecule has 0 radical (unpaired) electrons. The molecule has 2 aromatic rings. The van der Waals surface area contributed by atoms with E-state index in [0.717, 1.165) is 0 Å². The zero-order valence-corrected chi connectivity index (χ0v) is 16.4. The fourth-order valence-electron chi connectivity index (χ4n) is 3.56. The lowest BCUT2D eigenvalue weighted by Gasteiger charge is -2.31. The van der Waals surface area contributed by atoms with E-state index < -0.39 is 4.92 Å². The molecule has 30 heavy (non-hydrogen) atoms. The number of rotatable bonds is 6. The maximum atomic E-state index is 12.0. The van der Waals surface area contributed by atoms with Crippen LogP contribution in [-0.2, 0) is 9.53 Å². The minimum atomic E-state index is -0.498. The van der Waals surface area contributed by atoms with Crippen molar-refractivity contribution in [2.24, 2.45) is 5.92 Å². The van der Waals surface area contributed by atoms with Gasteiger partial charge >= 0.3 is 11.7 Å². The standard InChI is InChI=1S/C19H21N5O6/c1-2-28-19(25)12-5-7-23(8-6-12)18-16(24(26)27)17(20-10-21-18)22-13-3-4-14-15(9-13)30-11-29-14/h3-4,9-10,12H,2,5-8,11H2,1H3,(H,20,21,22). The molecule has 2 aliphatic rings. The predicted molar refractivity (Wildman–Crippen MR) is 106 cm³/mol. The van der Waals surface area contributed by atoms with Gasteiger partial charge in [-0.3, -0.25) is 14.9 Å². The van der Waals surface area contributed by atoms with Crippen LogP contribution in [0.5, 0.6) is 11.5 Å². The number of ether oxygens (including phenoxy) is 3. The van der Waals surface area contributed by atoms with E-state index in [2.05, 4.69) is 15.3 Å². The number of hydrogen-bond donors (Lipinski definition) is 1. The first kappa shape index (κ1) is 19.7. The molecule has 3 heterocycles. The Morgan fingerprint density at radius 1 is 1.30 bits per heavy atom. The summed E-state index contributed by atoms with van der Waals surface area (Å²) in [5.74, 6) is 1.05. The zero-order chi connectivity index (χ0) is 21.1. The van der Waals surface area contributed by atoms with Crippen molar-refractivity contribution in [2.75, 3.05) is 36.7 Å². The van der Waals surface area contributed by atoms with Gasteiger partial charge in [0.1, 0.15) is 6.33 Å². The number of esters is 1. The maximum Gasteiger partial charge on any atom is 0.353 e. The number of aromatic nitrogens is 2. The highest BCUT2D eigenvalue weighted by molar-refractivity contribution is 5.76. The lowest BCUT2D eigenvalue weighted by atomic mass is 9.97. The summed E-state index contributed by atoms with van der Waals surface area (Å²) in [5.41, 5.74) is 0.359. The molecule has 0 atom stereocenters. The summed E-state index contributed by atoms with van der Waals surface area (Å²) in [6.07, 6.45) is 2.38. The number of nitrogens with one attached hydrogen (secondary N) is 1. The third-order valence-electron chi connectivity index (χ3n) is 5.04. The number of nitrogens with zero attached hydrogens (tertiary/aromatic N) is 4. The summed E-state index contributed by atoms with van der Waals surface area (Å²) < 4.78 is 15.7. The van der Waals surface area contributed by atoms with Crippen molar-refractivity contribution >= 4 is 29.0 Å². The highest BCUT2D eigenvalue weighted by Crippen LogP contribution is 2.38. The van der Waals surface area contributed by atoms with Crippen molar-refractivity contribution in [3.8, 4) is 11.5 Å². The monoisotopic (exact) mass is 415 g/mol. The van der Waals surface area contributed by atoms with Gasteiger partial charge in [-0.1, -0.05) is 0 Å². The van der Waals surface area contributed by atoms with Crippen molar-refractivity contribution in [3.05, 3.63) is 34.6 Å². The van der Waals surface area contributed by atoms with E-state index in [1.165, 1.54) is 6.33 Å². The van der Waals surface area contributed by atoms with Crippen LogP contribution in [0.2, 0.25) is 0 Å². The van der Waals surface area contributed by atoms with Crippen LogP contribution < -0.4 is 19.7 Å². The number of fused-ring (bicyclic) bond motifs is 1. The fourth-order valence-corrected chi connectivity index (χ4v) is 3.56. The highest BCUT2D eigenvalue weighted by atomic mass is 16.7. The molecular weight excluding hydrogens is 394 g/mol. The smallest absolute Gasteiger partial charge is 0.353 e. The average Bonchev–Trinajstić information content (AvgIpc) is 3.21. The van der Waals surface area contributed by atoms with Crippen LogP contribution in [-0.4, -0.2) is 47.3 Å². The molecule has 1 N–H and O–H groups in total. The van der Waals surface area contributed by atoms with Crippen LogP contribution >= 0.6 is 0 Å². The first-order valence-electron chi connectivity index (χ1n) is 9.64. The Labute approximate surface area is 172 Å². The second-order valence-corrected chi connectivity index (χ2v) is 6.86. The Morgan fingerprint density at radius 2 is 2.07 bits per heavy atom. The predicted octanol–water partition coefficient (Wildman–Crippen LogP) is 2.64. The number of nitro groups is 1. The van der Waals surface area contributed by atoms with E-state index in [0.29, 0.717) is 49.7 Å². The Kier molecular flexibility index (Phi) is 5.50. The summed E-state index contributed by atoms with van der Waals surface area (Å²) in [7, 11) is 0. The van der Waals surface area contributed by atoms with Gasteiger partial charge in [0.05, 0.1) is 17.4 Å². The summed E-state index contributed by atoms with van der Waals surface area (Å²) in [6.45, 7) is 3.17. The second-order valence-electron chi connectivity index (χ2n) is 6.86. The van der Waals surface area contributed by atoms with Gasteiger partial charge in [-0.05, 0) is 31.9 Å². The van der Waals surface area contributed by atoms with Crippen molar-refractivity contribution < 1.29 is 23.9 Å². The minimum Gasteiger partial charge on any atom is -0.466 e. The van der Waals surface area contributed by atoms with Crippen LogP contribution in [0.25, 0.3) is 0 Å². The van der Waals surface area contributed by atoms with Crippen LogP contribution in [0.1, 0.15) is 19.8 Å². The summed E-state index contributed by atoms with van der Waals surface area (Å²) in [5, 5.41) is 14.8. The van der Waals surface area contributed by atoms with Gasteiger partial charge in [0.2, 0.25) is 18.4 Å². The first-order chi connectivity index (χ1) is 14.6. The minimum absolute atomic E-state index is 0.0800. The van der Waals surface area contributed by atoms with E-state index in [1.807, 2.05) is 0 Å². The molecule has 1 fully saturated rings. The number of benzene rings is 1. The molecule has 11 heteroatoms. The molecule has 0 amide bonds. The molecule has 0 bridgehead atoms. The third kappa shape index (κ3) is 3.91. The van der Waals surface area contributed by atoms with Crippen molar-refractivity contribution in [1.82, 2.24) is 9.97 Å². The number of anilines is 3. The normalized spacial score (nSPS) is 15.7. The molecular formula is C19H21N5O6. The quantitative estimate of drug-likeness (QED) is 0.427. The molecule has 158 valence electrons. The summed E-state index contributed by atoms with van der Waals surface area (Å²) >= 11 is 0. The molecule has 0 saturated carbocycles. The van der Waals surface area contributed by atoms with E-state index in [4.69, 9.17) is 14.2 Å². The van der Waals surface area contributed by atoms with Crippen molar-refractivity contribution in [2.45, 2.75) is 19.8 Å². The summed E-state index contributed by atoms with van der Waals surface area (Å²) in [6, 6.07) is 5.14. The number of carbonyl (C=O) groups is 1. The number of hydrogen-bond acceptors (Lipinski definition) is 10. The molecule has 0 aliphatic carbocycles. The topological polar surface area (TPSA) is 129 Å².